The Kier molecular flexibility index (Phi) is 7.58. The summed E-state index contributed by atoms with van der Waals surface area (Å²) < 4.78 is 18.9. The molecule has 6 aromatic rings. The second-order valence-electron chi connectivity index (χ2n) is 11.2. The Morgan fingerprint density at radius 1 is 0.884 bits per heavy atom. The fourth-order valence-electron chi connectivity index (χ4n) is 4.97. The number of carbonyl (C=O) groups is 1. The van der Waals surface area contributed by atoms with Gasteiger partial charge in [-0.1, -0.05) is 75.0 Å². The van der Waals surface area contributed by atoms with E-state index in [9.17, 15) is 4.79 Å². The number of hydrogen-bond acceptors (Lipinski definition) is 7. The van der Waals surface area contributed by atoms with E-state index in [1.165, 1.54) is 17.3 Å². The minimum Gasteiger partial charge on any atom is -0.497 e. The molecule has 0 aliphatic heterocycles. The summed E-state index contributed by atoms with van der Waals surface area (Å²) >= 11 is 1.30. The number of thioether (sulfide) groups is 1. The van der Waals surface area contributed by atoms with Gasteiger partial charge in [0.2, 0.25) is 5.91 Å². The molecule has 8 nitrogen and oxygen atoms in total. The van der Waals surface area contributed by atoms with Crippen molar-refractivity contribution in [1.82, 2.24) is 14.8 Å². The predicted octanol–water partition coefficient (Wildman–Crippen LogP) is 7.88. The van der Waals surface area contributed by atoms with E-state index in [0.717, 1.165) is 33.4 Å². The molecule has 0 saturated heterocycles. The van der Waals surface area contributed by atoms with E-state index in [-0.39, 0.29) is 17.1 Å². The highest BCUT2D eigenvalue weighted by atomic mass is 32.2. The molecule has 0 aliphatic rings. The van der Waals surface area contributed by atoms with E-state index < -0.39 is 0 Å². The number of anilines is 1. The zero-order valence-electron chi connectivity index (χ0n) is 24.7. The fourth-order valence-corrected chi connectivity index (χ4v) is 5.72. The third-order valence-electron chi connectivity index (χ3n) is 7.28. The van der Waals surface area contributed by atoms with Gasteiger partial charge in [-0.15, -0.1) is 10.2 Å². The fraction of sp³-hybridized carbons (Fsp3) is 0.206. The molecule has 0 saturated carbocycles. The van der Waals surface area contributed by atoms with Crippen LogP contribution in [-0.4, -0.2) is 40.6 Å². The summed E-state index contributed by atoms with van der Waals surface area (Å²) in [6.45, 7) is 6.56. The third-order valence-corrected chi connectivity index (χ3v) is 8.21. The maximum atomic E-state index is 13.2. The van der Waals surface area contributed by atoms with Crippen molar-refractivity contribution < 1.29 is 18.7 Å². The summed E-state index contributed by atoms with van der Waals surface area (Å²) in [7, 11) is 3.22. The van der Waals surface area contributed by atoms with Crippen LogP contribution in [0, 0.1) is 0 Å². The average Bonchev–Trinajstić information content (AvgIpc) is 3.60. The molecule has 1 amide bonds. The van der Waals surface area contributed by atoms with Crippen molar-refractivity contribution in [3.8, 4) is 28.6 Å². The molecule has 6 rings (SSSR count). The molecule has 218 valence electrons. The number of rotatable bonds is 8. The summed E-state index contributed by atoms with van der Waals surface area (Å²) in [6.07, 6.45) is 0. The Morgan fingerprint density at radius 2 is 1.63 bits per heavy atom. The lowest BCUT2D eigenvalue weighted by Gasteiger charge is -2.19. The highest BCUT2D eigenvalue weighted by molar-refractivity contribution is 7.99. The highest BCUT2D eigenvalue weighted by Crippen LogP contribution is 2.37. The molecule has 0 unspecified atom stereocenters. The van der Waals surface area contributed by atoms with Crippen LogP contribution < -0.4 is 14.8 Å². The number of nitrogens with zero attached hydrogens (tertiary/aromatic N) is 3. The van der Waals surface area contributed by atoms with Crippen LogP contribution in [0.15, 0.2) is 94.5 Å². The van der Waals surface area contributed by atoms with Crippen LogP contribution in [0.25, 0.3) is 39.0 Å². The molecule has 0 fully saturated rings. The Morgan fingerprint density at radius 3 is 2.33 bits per heavy atom. The summed E-state index contributed by atoms with van der Waals surface area (Å²) in [6, 6.07) is 27.6. The van der Waals surface area contributed by atoms with Crippen LogP contribution in [0.2, 0.25) is 0 Å². The number of aromatic nitrogens is 3. The molecule has 0 aliphatic carbocycles. The summed E-state index contributed by atoms with van der Waals surface area (Å²) in [5, 5.41) is 14.5. The first-order valence-electron chi connectivity index (χ1n) is 13.9. The summed E-state index contributed by atoms with van der Waals surface area (Å²) in [4.78, 5) is 13.2. The number of carbonyl (C=O) groups excluding carboxylic acids is 1. The monoisotopic (exact) mass is 592 g/mol. The standard InChI is InChI=1S/C34H32N4O4S/c1-34(2,3)22-12-10-21(11-13-22)32-36-37-33(38(32)23-14-16-24(40-4)17-15-23)43-20-31(39)35-27-19-29-26(18-30(27)41-5)25-8-6-7-9-28(25)42-29/h6-19H,20H2,1-5H3,(H,35,39). The van der Waals surface area contributed by atoms with Crippen LogP contribution in [-0.2, 0) is 10.2 Å². The molecule has 9 heteroatoms. The van der Waals surface area contributed by atoms with Crippen molar-refractivity contribution in [2.24, 2.45) is 0 Å². The van der Waals surface area contributed by atoms with E-state index in [4.69, 9.17) is 13.9 Å². The van der Waals surface area contributed by atoms with Crippen LogP contribution >= 0.6 is 11.8 Å². The number of para-hydroxylation sites is 1. The molecule has 0 bridgehead atoms. The number of nitrogens with one attached hydrogen (secondary N) is 1. The van der Waals surface area contributed by atoms with Gasteiger partial charge in [0.15, 0.2) is 11.0 Å². The Bertz CT molecular complexity index is 1920. The first-order valence-corrected chi connectivity index (χ1v) is 14.9. The van der Waals surface area contributed by atoms with Gasteiger partial charge < -0.3 is 19.2 Å². The lowest BCUT2D eigenvalue weighted by Crippen LogP contribution is -2.15. The second kappa shape index (κ2) is 11.5. The lowest BCUT2D eigenvalue weighted by molar-refractivity contribution is -0.113. The first kappa shape index (κ1) is 28.4. The Hall–Kier alpha value is -4.76. The SMILES string of the molecule is COc1ccc(-n2c(SCC(=O)Nc3cc4oc5ccccc5c4cc3OC)nnc2-c2ccc(C(C)(C)C)cc2)cc1. The van der Waals surface area contributed by atoms with E-state index >= 15 is 0 Å². The average molecular weight is 593 g/mol. The van der Waals surface area contributed by atoms with Gasteiger partial charge in [-0.05, 0) is 47.4 Å². The number of amides is 1. The molecular formula is C34H32N4O4S. The van der Waals surface area contributed by atoms with Crippen molar-refractivity contribution in [3.63, 3.8) is 0 Å². The maximum Gasteiger partial charge on any atom is 0.234 e. The van der Waals surface area contributed by atoms with Crippen molar-refractivity contribution in [1.29, 1.82) is 0 Å². The Balaban J connectivity index is 1.27. The maximum absolute atomic E-state index is 13.2. The smallest absolute Gasteiger partial charge is 0.234 e. The van der Waals surface area contributed by atoms with Gasteiger partial charge in [0.05, 0.1) is 25.7 Å². The quantitative estimate of drug-likeness (QED) is 0.180. The van der Waals surface area contributed by atoms with E-state index in [2.05, 4.69) is 60.6 Å². The van der Waals surface area contributed by atoms with Gasteiger partial charge >= 0.3 is 0 Å². The van der Waals surface area contributed by atoms with Gasteiger partial charge in [-0.3, -0.25) is 9.36 Å². The van der Waals surface area contributed by atoms with Gasteiger partial charge in [0.1, 0.15) is 22.7 Å². The van der Waals surface area contributed by atoms with Crippen LogP contribution in [0.4, 0.5) is 5.69 Å². The number of ether oxygens (including phenoxy) is 2. The van der Waals surface area contributed by atoms with Crippen molar-refractivity contribution in [2.75, 3.05) is 25.3 Å². The van der Waals surface area contributed by atoms with Gasteiger partial charge in [0, 0.05) is 28.1 Å². The minimum atomic E-state index is -0.209. The molecule has 2 aromatic heterocycles. The van der Waals surface area contributed by atoms with Crippen molar-refractivity contribution >= 4 is 45.3 Å². The summed E-state index contributed by atoms with van der Waals surface area (Å²) in [5.41, 5.74) is 5.04. The zero-order valence-corrected chi connectivity index (χ0v) is 25.5. The highest BCUT2D eigenvalue weighted by Gasteiger charge is 2.20. The molecule has 2 heterocycles. The van der Waals surface area contributed by atoms with Crippen molar-refractivity contribution in [3.05, 3.63) is 90.5 Å². The molecule has 0 atom stereocenters. The van der Waals surface area contributed by atoms with E-state index in [1.54, 1.807) is 20.3 Å². The lowest BCUT2D eigenvalue weighted by atomic mass is 9.87. The normalized spacial score (nSPS) is 11.7. The van der Waals surface area contributed by atoms with Gasteiger partial charge in [-0.2, -0.15) is 0 Å². The third kappa shape index (κ3) is 5.68. The first-order chi connectivity index (χ1) is 20.7. The molecular weight excluding hydrogens is 560 g/mol. The molecule has 1 N–H and O–H groups in total. The second-order valence-corrected chi connectivity index (χ2v) is 12.1. The van der Waals surface area contributed by atoms with Crippen LogP contribution in [0.3, 0.4) is 0 Å². The van der Waals surface area contributed by atoms with E-state index in [1.807, 2.05) is 59.2 Å². The van der Waals surface area contributed by atoms with Crippen molar-refractivity contribution in [2.45, 2.75) is 31.3 Å². The number of fused-ring (bicyclic) bond motifs is 3. The number of hydrogen-bond donors (Lipinski definition) is 1. The molecule has 4 aromatic carbocycles. The van der Waals surface area contributed by atoms with Crippen LogP contribution in [0.1, 0.15) is 26.3 Å². The van der Waals surface area contributed by atoms with Crippen LogP contribution in [0.5, 0.6) is 11.5 Å². The molecule has 0 spiro atoms. The Labute approximate surface area is 254 Å². The number of methoxy groups -OCH3 is 2. The molecule has 0 radical (unpaired) electrons. The predicted molar refractivity (Wildman–Crippen MR) is 172 cm³/mol. The largest absolute Gasteiger partial charge is 0.497 e. The minimum absolute atomic E-state index is 0.0359. The number of furan rings is 1. The topological polar surface area (TPSA) is 91.4 Å². The van der Waals surface area contributed by atoms with Gasteiger partial charge in [-0.25, -0.2) is 0 Å². The van der Waals surface area contributed by atoms with E-state index in [0.29, 0.717) is 28.0 Å². The summed E-state index contributed by atoms with van der Waals surface area (Å²) in [5.74, 6) is 1.89. The molecule has 43 heavy (non-hydrogen) atoms. The van der Waals surface area contributed by atoms with Gasteiger partial charge in [0.25, 0.3) is 0 Å². The number of benzene rings is 4. The zero-order chi connectivity index (χ0) is 30.1.